The van der Waals surface area contributed by atoms with Gasteiger partial charge in [-0.3, -0.25) is 0 Å². The summed E-state index contributed by atoms with van der Waals surface area (Å²) in [6.45, 7) is 9.62. The zero-order chi connectivity index (χ0) is 33.1. The number of para-hydroxylation sites is 1. The number of rotatable bonds is 2. The van der Waals surface area contributed by atoms with E-state index in [-0.39, 0.29) is 16.7 Å². The molecule has 0 aliphatic heterocycles. The van der Waals surface area contributed by atoms with Crippen LogP contribution in [0.4, 0.5) is 0 Å². The molecule has 3 aliphatic carbocycles. The van der Waals surface area contributed by atoms with E-state index in [4.69, 9.17) is 4.98 Å². The van der Waals surface area contributed by atoms with Gasteiger partial charge < -0.3 is 0 Å². The summed E-state index contributed by atoms with van der Waals surface area (Å²) in [7, 11) is 0. The first-order chi connectivity index (χ1) is 23.8. The molecule has 1 heteroatoms. The van der Waals surface area contributed by atoms with Gasteiger partial charge in [0, 0.05) is 27.7 Å². The van der Waals surface area contributed by atoms with Gasteiger partial charge >= 0.3 is 0 Å². The van der Waals surface area contributed by atoms with Crippen molar-refractivity contribution in [3.05, 3.63) is 172 Å². The second-order valence-electron chi connectivity index (χ2n) is 15.4. The van der Waals surface area contributed by atoms with E-state index in [0.717, 1.165) is 29.6 Å². The molecular weight excluding hydrogens is 591 g/mol. The lowest BCUT2D eigenvalue weighted by Gasteiger charge is -2.26. The van der Waals surface area contributed by atoms with Crippen LogP contribution in [-0.2, 0) is 17.3 Å². The third-order valence-electron chi connectivity index (χ3n) is 12.1. The number of aromatic nitrogens is 1. The van der Waals surface area contributed by atoms with Gasteiger partial charge in [0.25, 0.3) is 0 Å². The number of benzene rings is 6. The summed E-state index contributed by atoms with van der Waals surface area (Å²) in [6, 6.07) is 50.2. The summed E-state index contributed by atoms with van der Waals surface area (Å²) in [5.41, 5.74) is 21.7. The molecule has 10 rings (SSSR count). The molecule has 1 aromatic heterocycles. The fourth-order valence-corrected chi connectivity index (χ4v) is 9.67. The first-order valence-electron chi connectivity index (χ1n) is 17.8. The maximum Gasteiger partial charge on any atom is 0.0712 e. The molecule has 0 amide bonds. The number of hydrogen-bond acceptors (Lipinski definition) is 1. The Morgan fingerprint density at radius 3 is 2.02 bits per heavy atom. The molecule has 49 heavy (non-hydrogen) atoms. The van der Waals surface area contributed by atoms with Crippen LogP contribution in [-0.4, -0.2) is 4.98 Å². The Hall–Kier alpha value is -5.27. The van der Waals surface area contributed by atoms with Crippen molar-refractivity contribution >= 4 is 10.9 Å². The molecule has 1 atom stereocenters. The first-order valence-corrected chi connectivity index (χ1v) is 17.8. The summed E-state index contributed by atoms with van der Waals surface area (Å²) < 4.78 is 0. The van der Waals surface area contributed by atoms with Crippen LogP contribution < -0.4 is 0 Å². The van der Waals surface area contributed by atoms with Crippen LogP contribution in [0.2, 0.25) is 0 Å². The predicted molar refractivity (Wildman–Crippen MR) is 204 cm³/mol. The molecule has 0 saturated heterocycles. The standard InChI is InChI=1S/C48H39N/c1-47(2)40-20-12-9-18-35(40)46-41(47)25-24-33-36-27-38-31-16-8-11-19-39(31)48(3,4)42(38)26-30(36)22-23-34(45(33)46)37-28-44(29-14-6-5-7-15-29)49-43-21-13-10-17-32(37)43/h5-21,24-28,34H,22-23H2,1-4H3. The van der Waals surface area contributed by atoms with Crippen LogP contribution in [0.5, 0.6) is 0 Å². The van der Waals surface area contributed by atoms with Crippen LogP contribution in [0.25, 0.3) is 55.5 Å². The Kier molecular flexibility index (Phi) is 5.93. The fraction of sp³-hybridized carbons (Fsp3) is 0.188. The van der Waals surface area contributed by atoms with Crippen molar-refractivity contribution in [3.63, 3.8) is 0 Å². The highest BCUT2D eigenvalue weighted by atomic mass is 14.7. The van der Waals surface area contributed by atoms with Gasteiger partial charge in [-0.1, -0.05) is 143 Å². The van der Waals surface area contributed by atoms with Crippen molar-refractivity contribution in [2.75, 3.05) is 0 Å². The van der Waals surface area contributed by atoms with E-state index in [0.29, 0.717) is 0 Å². The molecule has 1 unspecified atom stereocenters. The van der Waals surface area contributed by atoms with Crippen molar-refractivity contribution in [2.24, 2.45) is 0 Å². The van der Waals surface area contributed by atoms with Gasteiger partial charge in [0.1, 0.15) is 0 Å². The molecular formula is C48H39N. The number of pyridine rings is 1. The molecule has 236 valence electrons. The minimum Gasteiger partial charge on any atom is -0.248 e. The lowest BCUT2D eigenvalue weighted by molar-refractivity contribution is 0.657. The lowest BCUT2D eigenvalue weighted by atomic mass is 9.77. The van der Waals surface area contributed by atoms with Crippen molar-refractivity contribution in [2.45, 2.75) is 57.3 Å². The minimum absolute atomic E-state index is 0.0255. The average molecular weight is 630 g/mol. The zero-order valence-electron chi connectivity index (χ0n) is 28.6. The maximum absolute atomic E-state index is 5.23. The van der Waals surface area contributed by atoms with Gasteiger partial charge in [-0.15, -0.1) is 0 Å². The number of hydrogen-bond donors (Lipinski definition) is 0. The predicted octanol–water partition coefficient (Wildman–Crippen LogP) is 12.3. The Morgan fingerprint density at radius 2 is 1.20 bits per heavy atom. The molecule has 1 heterocycles. The summed E-state index contributed by atoms with van der Waals surface area (Å²) >= 11 is 0. The summed E-state index contributed by atoms with van der Waals surface area (Å²) in [5.74, 6) is 0.199. The van der Waals surface area contributed by atoms with Crippen LogP contribution in [0, 0.1) is 0 Å². The largest absolute Gasteiger partial charge is 0.248 e. The van der Waals surface area contributed by atoms with E-state index in [1.54, 1.807) is 0 Å². The lowest BCUT2D eigenvalue weighted by Crippen LogP contribution is -2.15. The van der Waals surface area contributed by atoms with E-state index in [1.165, 1.54) is 77.7 Å². The van der Waals surface area contributed by atoms with E-state index < -0.39 is 0 Å². The maximum atomic E-state index is 5.23. The Bertz CT molecular complexity index is 2500. The highest BCUT2D eigenvalue weighted by Gasteiger charge is 2.41. The van der Waals surface area contributed by atoms with Crippen molar-refractivity contribution in [1.82, 2.24) is 4.98 Å². The summed E-state index contributed by atoms with van der Waals surface area (Å²) in [6.07, 6.45) is 2.05. The Labute approximate surface area is 289 Å². The Morgan fingerprint density at radius 1 is 0.531 bits per heavy atom. The van der Waals surface area contributed by atoms with E-state index >= 15 is 0 Å². The fourth-order valence-electron chi connectivity index (χ4n) is 9.67. The monoisotopic (exact) mass is 629 g/mol. The van der Waals surface area contributed by atoms with Crippen LogP contribution in [0.15, 0.2) is 133 Å². The van der Waals surface area contributed by atoms with Gasteiger partial charge in [0.15, 0.2) is 0 Å². The highest BCUT2D eigenvalue weighted by Crippen LogP contribution is 2.58. The van der Waals surface area contributed by atoms with Gasteiger partial charge in [-0.05, 0) is 103 Å². The summed E-state index contributed by atoms with van der Waals surface area (Å²) in [4.78, 5) is 5.23. The van der Waals surface area contributed by atoms with Gasteiger partial charge in [-0.2, -0.15) is 0 Å². The highest BCUT2D eigenvalue weighted by molar-refractivity contribution is 5.94. The molecule has 0 saturated carbocycles. The molecule has 7 aromatic rings. The molecule has 0 bridgehead atoms. The van der Waals surface area contributed by atoms with Gasteiger partial charge in [-0.25, -0.2) is 4.98 Å². The number of nitrogens with zero attached hydrogens (tertiary/aromatic N) is 1. The Balaban J connectivity index is 1.30. The number of fused-ring (bicyclic) bond motifs is 11. The third kappa shape index (κ3) is 3.96. The second kappa shape index (κ2) is 10.1. The molecule has 3 aliphatic rings. The zero-order valence-corrected chi connectivity index (χ0v) is 28.6. The molecule has 0 N–H and O–H groups in total. The quantitative estimate of drug-likeness (QED) is 0.185. The summed E-state index contributed by atoms with van der Waals surface area (Å²) in [5, 5.41) is 1.25. The average Bonchev–Trinajstić information content (AvgIpc) is 3.42. The SMILES string of the molecule is CC1(C)c2ccccc2-c2cc3c(cc21)CCC(c1cc(-c2ccccc2)nc2ccccc12)c1c-3ccc2c1-c1ccccc1C2(C)C. The minimum atomic E-state index is -0.0724. The van der Waals surface area contributed by atoms with Crippen molar-refractivity contribution in [1.29, 1.82) is 0 Å². The van der Waals surface area contributed by atoms with E-state index in [9.17, 15) is 0 Å². The first kappa shape index (κ1) is 28.7. The van der Waals surface area contributed by atoms with Crippen molar-refractivity contribution in [3.8, 4) is 44.6 Å². The number of aryl methyl sites for hydroxylation is 1. The normalized spacial score (nSPS) is 17.3. The topological polar surface area (TPSA) is 12.9 Å². The van der Waals surface area contributed by atoms with E-state index in [2.05, 4.69) is 161 Å². The molecule has 0 fully saturated rings. The smallest absolute Gasteiger partial charge is 0.0712 e. The van der Waals surface area contributed by atoms with Gasteiger partial charge in [0.05, 0.1) is 11.2 Å². The second-order valence-corrected chi connectivity index (χ2v) is 15.4. The van der Waals surface area contributed by atoms with Crippen LogP contribution >= 0.6 is 0 Å². The van der Waals surface area contributed by atoms with Crippen LogP contribution in [0.3, 0.4) is 0 Å². The van der Waals surface area contributed by atoms with E-state index in [1.807, 2.05) is 0 Å². The molecule has 0 radical (unpaired) electrons. The molecule has 1 nitrogen and oxygen atoms in total. The van der Waals surface area contributed by atoms with Crippen LogP contribution in [0.1, 0.15) is 79.0 Å². The van der Waals surface area contributed by atoms with Crippen molar-refractivity contribution < 1.29 is 0 Å². The van der Waals surface area contributed by atoms with Gasteiger partial charge in [0.2, 0.25) is 0 Å². The third-order valence-corrected chi connectivity index (χ3v) is 12.1. The molecule has 0 spiro atoms. The molecule has 6 aromatic carbocycles.